The normalized spacial score (nSPS) is 17.9. The topological polar surface area (TPSA) is 35.2 Å². The molecule has 1 aliphatic carbocycles. The third-order valence-electron chi connectivity index (χ3n) is 2.92. The second-order valence-corrected chi connectivity index (χ2v) is 3.89. The lowest BCUT2D eigenvalue weighted by molar-refractivity contribution is -0.0499. The van der Waals surface area contributed by atoms with Crippen molar-refractivity contribution >= 4 is 0 Å². The quantitative estimate of drug-likeness (QED) is 0.832. The van der Waals surface area contributed by atoms with E-state index in [-0.39, 0.29) is 11.2 Å². The summed E-state index contributed by atoms with van der Waals surface area (Å²) < 4.78 is 28.3. The first-order valence-electron chi connectivity index (χ1n) is 4.92. The van der Waals surface area contributed by atoms with Gasteiger partial charge in [0.2, 0.25) is 0 Å². The van der Waals surface area contributed by atoms with Crippen LogP contribution in [0.5, 0.6) is 5.75 Å². The van der Waals surface area contributed by atoms with Crippen molar-refractivity contribution in [3.63, 3.8) is 0 Å². The summed E-state index contributed by atoms with van der Waals surface area (Å²) in [6.07, 6.45) is 2.06. The van der Waals surface area contributed by atoms with Crippen molar-refractivity contribution in [2.24, 2.45) is 5.73 Å². The van der Waals surface area contributed by atoms with Gasteiger partial charge in [-0.2, -0.15) is 8.78 Å². The number of halogens is 2. The Morgan fingerprint density at radius 2 is 2.13 bits per heavy atom. The number of benzene rings is 1. The Kier molecular flexibility index (Phi) is 2.61. The maximum atomic E-state index is 12.0. The molecule has 1 aromatic carbocycles. The lowest BCUT2D eigenvalue weighted by Crippen LogP contribution is -2.19. The summed E-state index contributed by atoms with van der Waals surface area (Å²) in [5.74, 6) is 0.210. The van der Waals surface area contributed by atoms with Crippen LogP contribution in [0.1, 0.15) is 18.4 Å². The van der Waals surface area contributed by atoms with E-state index in [2.05, 4.69) is 4.74 Å². The average molecular weight is 213 g/mol. The molecule has 0 aliphatic heterocycles. The van der Waals surface area contributed by atoms with E-state index in [9.17, 15) is 8.78 Å². The van der Waals surface area contributed by atoms with Crippen LogP contribution in [-0.2, 0) is 5.41 Å². The van der Waals surface area contributed by atoms with E-state index in [0.717, 1.165) is 18.4 Å². The smallest absolute Gasteiger partial charge is 0.387 e. The summed E-state index contributed by atoms with van der Waals surface area (Å²) in [6, 6.07) is 6.83. The average Bonchev–Trinajstić information content (AvgIpc) is 2.97. The third kappa shape index (κ3) is 2.09. The zero-order valence-electron chi connectivity index (χ0n) is 8.25. The number of alkyl halides is 2. The molecule has 0 unspecified atom stereocenters. The lowest BCUT2D eigenvalue weighted by Gasteiger charge is -2.14. The first-order chi connectivity index (χ1) is 7.16. The molecule has 0 spiro atoms. The summed E-state index contributed by atoms with van der Waals surface area (Å²) in [7, 11) is 0. The Balaban J connectivity index is 2.19. The van der Waals surface area contributed by atoms with E-state index in [1.165, 1.54) is 6.07 Å². The Labute approximate surface area is 87.0 Å². The molecular formula is C11H13F2NO. The van der Waals surface area contributed by atoms with Gasteiger partial charge in [0.15, 0.2) is 0 Å². The molecule has 2 rings (SSSR count). The zero-order valence-corrected chi connectivity index (χ0v) is 8.25. The minimum absolute atomic E-state index is 0.0154. The van der Waals surface area contributed by atoms with Crippen molar-refractivity contribution in [2.45, 2.75) is 24.9 Å². The van der Waals surface area contributed by atoms with Crippen LogP contribution in [0.2, 0.25) is 0 Å². The van der Waals surface area contributed by atoms with Crippen LogP contribution in [0.4, 0.5) is 8.78 Å². The SMILES string of the molecule is NCC1(c2cccc(OC(F)F)c2)CC1. The molecule has 0 aromatic heterocycles. The summed E-state index contributed by atoms with van der Waals surface area (Å²) >= 11 is 0. The molecule has 0 atom stereocenters. The van der Waals surface area contributed by atoms with E-state index in [4.69, 9.17) is 5.73 Å². The van der Waals surface area contributed by atoms with Crippen molar-refractivity contribution < 1.29 is 13.5 Å². The molecule has 0 heterocycles. The van der Waals surface area contributed by atoms with Crippen molar-refractivity contribution in [3.05, 3.63) is 29.8 Å². The minimum Gasteiger partial charge on any atom is -0.435 e. The fourth-order valence-electron chi connectivity index (χ4n) is 1.76. The first kappa shape index (κ1) is 10.4. The zero-order chi connectivity index (χ0) is 10.9. The second-order valence-electron chi connectivity index (χ2n) is 3.89. The highest BCUT2D eigenvalue weighted by molar-refractivity contribution is 5.37. The second kappa shape index (κ2) is 3.77. The van der Waals surface area contributed by atoms with E-state index in [1.807, 2.05) is 6.07 Å². The number of hydrogen-bond acceptors (Lipinski definition) is 2. The molecule has 82 valence electrons. The standard InChI is InChI=1S/C11H13F2NO/c12-10(13)15-9-3-1-2-8(6-9)11(7-14)4-5-11/h1-3,6,10H,4-5,7,14H2. The van der Waals surface area contributed by atoms with Crippen LogP contribution in [0.25, 0.3) is 0 Å². The summed E-state index contributed by atoms with van der Waals surface area (Å²) in [6.45, 7) is -2.21. The highest BCUT2D eigenvalue weighted by Gasteiger charge is 2.42. The maximum absolute atomic E-state index is 12.0. The van der Waals surface area contributed by atoms with E-state index < -0.39 is 6.61 Å². The molecule has 2 nitrogen and oxygen atoms in total. The van der Waals surface area contributed by atoms with Gasteiger partial charge in [-0.3, -0.25) is 0 Å². The van der Waals surface area contributed by atoms with Gasteiger partial charge < -0.3 is 10.5 Å². The molecule has 0 saturated heterocycles. The fourth-order valence-corrected chi connectivity index (χ4v) is 1.76. The van der Waals surface area contributed by atoms with Crippen molar-refractivity contribution in [1.82, 2.24) is 0 Å². The Bertz CT molecular complexity index is 350. The molecule has 0 radical (unpaired) electrons. The Hall–Kier alpha value is -1.16. The van der Waals surface area contributed by atoms with Gasteiger partial charge in [-0.1, -0.05) is 12.1 Å². The highest BCUT2D eigenvalue weighted by atomic mass is 19.3. The van der Waals surface area contributed by atoms with Crippen molar-refractivity contribution in [2.75, 3.05) is 6.54 Å². The molecule has 1 fully saturated rings. The lowest BCUT2D eigenvalue weighted by atomic mass is 9.96. The van der Waals surface area contributed by atoms with Crippen LogP contribution in [0.3, 0.4) is 0 Å². The molecular weight excluding hydrogens is 200 g/mol. The predicted octanol–water partition coefficient (Wildman–Crippen LogP) is 2.28. The fraction of sp³-hybridized carbons (Fsp3) is 0.455. The van der Waals surface area contributed by atoms with Gasteiger partial charge in [-0.05, 0) is 30.5 Å². The van der Waals surface area contributed by atoms with Crippen LogP contribution < -0.4 is 10.5 Å². The van der Waals surface area contributed by atoms with Gasteiger partial charge in [0.25, 0.3) is 0 Å². The maximum Gasteiger partial charge on any atom is 0.387 e. The summed E-state index contributed by atoms with van der Waals surface area (Å²) in [5.41, 5.74) is 6.68. The molecule has 2 N–H and O–H groups in total. The number of hydrogen-bond donors (Lipinski definition) is 1. The van der Waals surface area contributed by atoms with Crippen LogP contribution in [0.15, 0.2) is 24.3 Å². The van der Waals surface area contributed by atoms with E-state index in [1.54, 1.807) is 12.1 Å². The van der Waals surface area contributed by atoms with Gasteiger partial charge >= 0.3 is 6.61 Å². The minimum atomic E-state index is -2.77. The van der Waals surface area contributed by atoms with E-state index in [0.29, 0.717) is 6.54 Å². The first-order valence-corrected chi connectivity index (χ1v) is 4.92. The number of nitrogens with two attached hydrogens (primary N) is 1. The van der Waals surface area contributed by atoms with Gasteiger partial charge in [0, 0.05) is 12.0 Å². The molecule has 0 amide bonds. The molecule has 1 aliphatic rings. The highest BCUT2D eigenvalue weighted by Crippen LogP contribution is 2.47. The molecule has 4 heteroatoms. The molecule has 15 heavy (non-hydrogen) atoms. The number of ether oxygens (including phenoxy) is 1. The predicted molar refractivity (Wildman–Crippen MR) is 53.0 cm³/mol. The van der Waals surface area contributed by atoms with Crippen LogP contribution in [0, 0.1) is 0 Å². The van der Waals surface area contributed by atoms with Gasteiger partial charge in [-0.15, -0.1) is 0 Å². The Morgan fingerprint density at radius 3 is 2.67 bits per heavy atom. The van der Waals surface area contributed by atoms with Crippen molar-refractivity contribution in [1.29, 1.82) is 0 Å². The van der Waals surface area contributed by atoms with Crippen LogP contribution >= 0.6 is 0 Å². The van der Waals surface area contributed by atoms with Gasteiger partial charge in [0.1, 0.15) is 5.75 Å². The molecule has 0 bridgehead atoms. The number of rotatable bonds is 4. The Morgan fingerprint density at radius 1 is 1.40 bits per heavy atom. The van der Waals surface area contributed by atoms with Gasteiger partial charge in [-0.25, -0.2) is 0 Å². The van der Waals surface area contributed by atoms with Crippen LogP contribution in [-0.4, -0.2) is 13.2 Å². The molecule has 1 saturated carbocycles. The van der Waals surface area contributed by atoms with E-state index >= 15 is 0 Å². The van der Waals surface area contributed by atoms with Crippen molar-refractivity contribution in [3.8, 4) is 5.75 Å². The van der Waals surface area contributed by atoms with Gasteiger partial charge in [0.05, 0.1) is 0 Å². The summed E-state index contributed by atoms with van der Waals surface area (Å²) in [4.78, 5) is 0. The summed E-state index contributed by atoms with van der Waals surface area (Å²) in [5, 5.41) is 0. The largest absolute Gasteiger partial charge is 0.435 e. The molecule has 1 aromatic rings. The third-order valence-corrected chi connectivity index (χ3v) is 2.92. The monoisotopic (exact) mass is 213 g/mol.